The number of nitrogens with two attached hydrogens (primary N) is 1. The number of phosphoric ester groups is 1. The molecule has 0 saturated carbocycles. The molecule has 0 bridgehead atoms. The van der Waals surface area contributed by atoms with Gasteiger partial charge in [-0.1, -0.05) is 192 Å². The summed E-state index contributed by atoms with van der Waals surface area (Å²) in [5.41, 5.74) is 5.37. The topological polar surface area (TPSA) is 155 Å². The zero-order valence-corrected chi connectivity index (χ0v) is 39.7. The quantitative estimate of drug-likeness (QED) is 0.0233. The van der Waals surface area contributed by atoms with Crippen LogP contribution in [0.4, 0.5) is 0 Å². The number of hydrogen-bond donors (Lipinski definition) is 3. The molecule has 3 atom stereocenters. The van der Waals surface area contributed by atoms with Gasteiger partial charge >= 0.3 is 19.8 Å². The van der Waals surface area contributed by atoms with Crippen LogP contribution in [0.15, 0.2) is 24.3 Å². The first-order valence-electron chi connectivity index (χ1n) is 24.9. The van der Waals surface area contributed by atoms with Crippen molar-refractivity contribution in [2.45, 2.75) is 251 Å². The van der Waals surface area contributed by atoms with E-state index < -0.39 is 45.1 Å². The molecule has 0 aliphatic heterocycles. The summed E-state index contributed by atoms with van der Waals surface area (Å²) in [5.74, 6) is -1.78. The number of unbranched alkanes of at least 4 members (excludes halogenated alkanes) is 30. The highest BCUT2D eigenvalue weighted by atomic mass is 31.2. The van der Waals surface area contributed by atoms with Crippen LogP contribution >= 0.6 is 7.82 Å². The van der Waals surface area contributed by atoms with Gasteiger partial charge in [0.05, 0.1) is 19.8 Å². The lowest BCUT2D eigenvalue weighted by molar-refractivity contribution is -0.154. The summed E-state index contributed by atoms with van der Waals surface area (Å²) in [6, 6.07) is -1.47. The van der Waals surface area contributed by atoms with Crippen molar-refractivity contribution in [1.29, 1.82) is 0 Å². The van der Waals surface area contributed by atoms with Gasteiger partial charge in [0.25, 0.3) is 0 Å². The second kappa shape index (κ2) is 45.5. The summed E-state index contributed by atoms with van der Waals surface area (Å²) in [6.07, 6.45) is 51.0. The van der Waals surface area contributed by atoms with Gasteiger partial charge in [-0.25, -0.2) is 4.57 Å². The van der Waals surface area contributed by atoms with E-state index in [0.29, 0.717) is 13.0 Å². The second-order valence-corrected chi connectivity index (χ2v) is 18.4. The third-order valence-corrected chi connectivity index (χ3v) is 11.9. The third kappa shape index (κ3) is 44.5. The van der Waals surface area contributed by atoms with Crippen molar-refractivity contribution >= 4 is 19.8 Å². The molecule has 0 heterocycles. The van der Waals surface area contributed by atoms with E-state index in [-0.39, 0.29) is 13.0 Å². The highest BCUT2D eigenvalue weighted by Crippen LogP contribution is 2.43. The number of carboxylic acid groups (broad SMARTS) is 1. The Labute approximate surface area is 368 Å². The average Bonchev–Trinajstić information content (AvgIpc) is 3.23. The van der Waals surface area contributed by atoms with Crippen molar-refractivity contribution in [3.8, 4) is 0 Å². The predicted octanol–water partition coefficient (Wildman–Crippen LogP) is 14.3. The number of carbonyl (C=O) groups excluding carboxylic acids is 1. The number of carboxylic acids is 1. The van der Waals surface area contributed by atoms with Gasteiger partial charge in [-0.2, -0.15) is 0 Å². The highest BCUT2D eigenvalue weighted by molar-refractivity contribution is 7.47. The number of hydrogen-bond acceptors (Lipinski definition) is 8. The Hall–Kier alpha value is -1.55. The Kier molecular flexibility index (Phi) is 44.3. The van der Waals surface area contributed by atoms with Gasteiger partial charge < -0.3 is 25.2 Å². The minimum atomic E-state index is -4.62. The molecule has 11 heteroatoms. The smallest absolute Gasteiger partial charge is 0.472 e. The summed E-state index contributed by atoms with van der Waals surface area (Å²) in [4.78, 5) is 33.6. The van der Waals surface area contributed by atoms with E-state index in [4.69, 9.17) is 29.4 Å². The highest BCUT2D eigenvalue weighted by Gasteiger charge is 2.27. The molecule has 4 N–H and O–H groups in total. The molecular formula is C49H94NO9P. The van der Waals surface area contributed by atoms with Crippen LogP contribution in [0.5, 0.6) is 0 Å². The van der Waals surface area contributed by atoms with Crippen LogP contribution in [0.25, 0.3) is 0 Å². The van der Waals surface area contributed by atoms with Crippen molar-refractivity contribution in [3.05, 3.63) is 24.3 Å². The molecule has 354 valence electrons. The summed E-state index contributed by atoms with van der Waals surface area (Å²) < 4.78 is 33.4. The minimum Gasteiger partial charge on any atom is -0.480 e. The molecule has 0 aromatic rings. The van der Waals surface area contributed by atoms with E-state index in [1.54, 1.807) is 0 Å². The molecule has 10 nitrogen and oxygen atoms in total. The second-order valence-electron chi connectivity index (χ2n) is 16.9. The van der Waals surface area contributed by atoms with E-state index in [1.165, 1.54) is 161 Å². The number of rotatable bonds is 48. The lowest BCUT2D eigenvalue weighted by atomic mass is 10.0. The molecule has 0 rings (SSSR count). The van der Waals surface area contributed by atoms with Crippen LogP contribution < -0.4 is 5.73 Å². The lowest BCUT2D eigenvalue weighted by Crippen LogP contribution is -2.34. The monoisotopic (exact) mass is 872 g/mol. The van der Waals surface area contributed by atoms with Gasteiger partial charge in [-0.3, -0.25) is 18.6 Å². The van der Waals surface area contributed by atoms with E-state index in [2.05, 4.69) is 38.2 Å². The maximum Gasteiger partial charge on any atom is 0.472 e. The van der Waals surface area contributed by atoms with Crippen molar-refractivity contribution in [2.75, 3.05) is 26.4 Å². The standard InChI is InChI=1S/C49H94NO9P/c1-3-5-7-9-11-13-15-17-19-20-21-22-23-24-25-26-27-28-30-32-34-36-38-40-42-56-43-46(44-57-60(54,55)58-45-47(50)49(52)53)59-48(51)41-39-37-35-33-31-29-18-16-14-12-10-8-6-4-2/h16,18,20-21,46-47H,3-15,17,19,22-45,50H2,1-2H3,(H,52,53)(H,54,55)/b18-16-,21-20-. The summed E-state index contributed by atoms with van der Waals surface area (Å²) in [5, 5.41) is 8.91. The molecule has 0 aromatic heterocycles. The van der Waals surface area contributed by atoms with Crippen molar-refractivity contribution < 1.29 is 42.7 Å². The van der Waals surface area contributed by atoms with Crippen molar-refractivity contribution in [3.63, 3.8) is 0 Å². The van der Waals surface area contributed by atoms with Crippen LogP contribution in [0.1, 0.15) is 239 Å². The fourth-order valence-electron chi connectivity index (χ4n) is 7.07. The fraction of sp³-hybridized carbons (Fsp3) is 0.878. The lowest BCUT2D eigenvalue weighted by Gasteiger charge is -2.20. The normalized spacial score (nSPS) is 13.9. The van der Waals surface area contributed by atoms with Crippen LogP contribution in [-0.4, -0.2) is 60.5 Å². The van der Waals surface area contributed by atoms with Gasteiger partial charge in [0, 0.05) is 13.0 Å². The maximum absolute atomic E-state index is 12.6. The van der Waals surface area contributed by atoms with Gasteiger partial charge in [0.1, 0.15) is 12.1 Å². The Morgan fingerprint density at radius 1 is 0.517 bits per heavy atom. The number of aliphatic carboxylic acids is 1. The van der Waals surface area contributed by atoms with E-state index in [1.807, 2.05) is 0 Å². The Balaban J connectivity index is 4.08. The third-order valence-electron chi connectivity index (χ3n) is 11.0. The van der Waals surface area contributed by atoms with Gasteiger partial charge in [-0.05, 0) is 64.2 Å². The molecular weight excluding hydrogens is 778 g/mol. The predicted molar refractivity (Wildman–Crippen MR) is 249 cm³/mol. The molecule has 0 spiro atoms. The average molecular weight is 872 g/mol. The number of carbonyl (C=O) groups is 2. The molecule has 0 aliphatic carbocycles. The Morgan fingerprint density at radius 2 is 0.867 bits per heavy atom. The molecule has 0 aromatic carbocycles. The van der Waals surface area contributed by atoms with Crippen LogP contribution in [-0.2, 0) is 32.7 Å². The first-order valence-corrected chi connectivity index (χ1v) is 26.4. The van der Waals surface area contributed by atoms with Crippen LogP contribution in [0.3, 0.4) is 0 Å². The van der Waals surface area contributed by atoms with Crippen molar-refractivity contribution in [2.24, 2.45) is 5.73 Å². The van der Waals surface area contributed by atoms with Crippen molar-refractivity contribution in [1.82, 2.24) is 0 Å². The summed E-state index contributed by atoms with van der Waals surface area (Å²) >= 11 is 0. The Bertz CT molecular complexity index is 1060. The first-order chi connectivity index (χ1) is 29.2. The number of allylic oxidation sites excluding steroid dienone is 4. The number of ether oxygens (including phenoxy) is 2. The number of phosphoric acid groups is 1. The fourth-order valence-corrected chi connectivity index (χ4v) is 7.84. The molecule has 0 amide bonds. The zero-order valence-electron chi connectivity index (χ0n) is 38.8. The summed E-state index contributed by atoms with van der Waals surface area (Å²) in [7, 11) is -4.62. The Morgan fingerprint density at radius 3 is 1.27 bits per heavy atom. The van der Waals surface area contributed by atoms with Gasteiger partial charge in [0.15, 0.2) is 0 Å². The SMILES string of the molecule is CCCCCCC/C=C\CCCCCCCC(=O)OC(COCCCCCCCCCCCCCC/C=C\CCCCCCCCCC)COP(=O)(O)OCC(N)C(=O)O. The van der Waals surface area contributed by atoms with Gasteiger partial charge in [0.2, 0.25) is 0 Å². The molecule has 3 unspecified atom stereocenters. The molecule has 0 saturated heterocycles. The zero-order chi connectivity index (χ0) is 44.0. The minimum absolute atomic E-state index is 0.0166. The largest absolute Gasteiger partial charge is 0.480 e. The molecule has 0 fully saturated rings. The van der Waals surface area contributed by atoms with E-state index in [0.717, 1.165) is 51.4 Å². The summed E-state index contributed by atoms with van der Waals surface area (Å²) in [6.45, 7) is 3.89. The molecule has 0 radical (unpaired) electrons. The van der Waals surface area contributed by atoms with E-state index >= 15 is 0 Å². The molecule has 0 aliphatic rings. The maximum atomic E-state index is 12.6. The van der Waals surface area contributed by atoms with Crippen LogP contribution in [0.2, 0.25) is 0 Å². The van der Waals surface area contributed by atoms with E-state index in [9.17, 15) is 19.0 Å². The van der Waals surface area contributed by atoms with Gasteiger partial charge in [-0.15, -0.1) is 0 Å². The first kappa shape index (κ1) is 58.5. The molecule has 60 heavy (non-hydrogen) atoms. The van der Waals surface area contributed by atoms with Crippen LogP contribution in [0, 0.1) is 0 Å². The number of esters is 1.